The fourth-order valence-electron chi connectivity index (χ4n) is 5.10. The van der Waals surface area contributed by atoms with Crippen molar-refractivity contribution in [1.29, 1.82) is 0 Å². The van der Waals surface area contributed by atoms with Gasteiger partial charge in [0.2, 0.25) is 0 Å². The minimum Gasteiger partial charge on any atom is -0.455 e. The average molecular weight is 451 g/mol. The lowest BCUT2D eigenvalue weighted by Gasteiger charge is -2.12. The molecule has 166 valence electrons. The number of benzene rings is 5. The molecule has 0 saturated carbocycles. The van der Waals surface area contributed by atoms with Crippen molar-refractivity contribution in [2.45, 2.75) is 6.92 Å². The third-order valence-electron chi connectivity index (χ3n) is 6.63. The van der Waals surface area contributed by atoms with Crippen LogP contribution in [0.5, 0.6) is 0 Å². The van der Waals surface area contributed by atoms with E-state index >= 15 is 0 Å². The first-order valence-electron chi connectivity index (χ1n) is 11.8. The molecule has 0 saturated heterocycles. The van der Waals surface area contributed by atoms with Gasteiger partial charge in [0, 0.05) is 27.6 Å². The minimum atomic E-state index is 0.911. The van der Waals surface area contributed by atoms with Gasteiger partial charge in [0.05, 0.1) is 11.0 Å². The molecule has 7 rings (SSSR count). The Morgan fingerprint density at radius 2 is 1.40 bits per heavy atom. The van der Waals surface area contributed by atoms with Crippen LogP contribution in [0.3, 0.4) is 0 Å². The molecule has 0 unspecified atom stereocenters. The largest absolute Gasteiger partial charge is 0.455 e. The Balaban J connectivity index is 1.49. The van der Waals surface area contributed by atoms with E-state index in [9.17, 15) is 0 Å². The van der Waals surface area contributed by atoms with Crippen molar-refractivity contribution >= 4 is 33.0 Å². The second-order valence-corrected chi connectivity index (χ2v) is 8.96. The van der Waals surface area contributed by atoms with Crippen LogP contribution < -0.4 is 0 Å². The first-order valence-corrected chi connectivity index (χ1v) is 11.8. The summed E-state index contributed by atoms with van der Waals surface area (Å²) in [6.07, 6.45) is 0. The summed E-state index contributed by atoms with van der Waals surface area (Å²) in [7, 11) is 0. The number of aryl methyl sites for hydroxylation is 1. The number of fused-ring (bicyclic) bond motifs is 4. The molecular weight excluding hydrogens is 428 g/mol. The Bertz CT molecular complexity index is 1860. The highest BCUT2D eigenvalue weighted by Gasteiger charge is 2.17. The number of nitrogens with zero attached hydrogens (tertiary/aromatic N) is 2. The summed E-state index contributed by atoms with van der Waals surface area (Å²) >= 11 is 0. The van der Waals surface area contributed by atoms with Crippen molar-refractivity contribution in [3.8, 4) is 28.2 Å². The molecule has 0 aliphatic rings. The fraction of sp³-hybridized carbons (Fsp3) is 0.0312. The van der Waals surface area contributed by atoms with Gasteiger partial charge in [-0.3, -0.25) is 4.57 Å². The Labute approximate surface area is 202 Å². The molecule has 5 aromatic carbocycles. The van der Waals surface area contributed by atoms with Gasteiger partial charge < -0.3 is 4.42 Å². The topological polar surface area (TPSA) is 31.0 Å². The van der Waals surface area contributed by atoms with Gasteiger partial charge in [0.15, 0.2) is 0 Å². The quantitative estimate of drug-likeness (QED) is 0.270. The lowest BCUT2D eigenvalue weighted by Crippen LogP contribution is -1.98. The van der Waals surface area contributed by atoms with E-state index in [1.54, 1.807) is 0 Å². The molecule has 2 aromatic heterocycles. The molecule has 0 bridgehead atoms. The maximum atomic E-state index is 6.34. The normalized spacial score (nSPS) is 11.6. The number of imidazole rings is 1. The van der Waals surface area contributed by atoms with Crippen LogP contribution >= 0.6 is 0 Å². The molecule has 0 radical (unpaired) electrons. The monoisotopic (exact) mass is 450 g/mol. The van der Waals surface area contributed by atoms with Crippen LogP contribution in [0.4, 0.5) is 0 Å². The first kappa shape index (κ1) is 19.8. The molecule has 0 aliphatic heterocycles. The minimum absolute atomic E-state index is 0.911. The summed E-state index contributed by atoms with van der Waals surface area (Å²) in [6, 6.07) is 40.0. The maximum Gasteiger partial charge on any atom is 0.145 e. The van der Waals surface area contributed by atoms with Gasteiger partial charge in [0.1, 0.15) is 17.0 Å². The third-order valence-corrected chi connectivity index (χ3v) is 6.63. The second-order valence-electron chi connectivity index (χ2n) is 8.96. The zero-order valence-corrected chi connectivity index (χ0v) is 19.3. The predicted molar refractivity (Wildman–Crippen MR) is 144 cm³/mol. The lowest BCUT2D eigenvalue weighted by atomic mass is 9.98. The number of aromatic nitrogens is 2. The SMILES string of the molecule is Cc1cc(-c2cccc3c2oc2ccccc23)cc(-c2nc3ccccc3n2-c2ccccc2)c1. The second kappa shape index (κ2) is 7.71. The van der Waals surface area contributed by atoms with E-state index in [1.165, 1.54) is 5.56 Å². The molecule has 35 heavy (non-hydrogen) atoms. The number of hydrogen-bond acceptors (Lipinski definition) is 2. The Morgan fingerprint density at radius 3 is 2.31 bits per heavy atom. The molecule has 0 spiro atoms. The van der Waals surface area contributed by atoms with Crippen LogP contribution in [-0.2, 0) is 0 Å². The Kier molecular flexibility index (Phi) is 4.36. The smallest absolute Gasteiger partial charge is 0.145 e. The Hall–Kier alpha value is -4.63. The lowest BCUT2D eigenvalue weighted by molar-refractivity contribution is 0.670. The molecule has 3 nitrogen and oxygen atoms in total. The van der Waals surface area contributed by atoms with Crippen LogP contribution in [0.2, 0.25) is 0 Å². The highest BCUT2D eigenvalue weighted by molar-refractivity contribution is 6.09. The highest BCUT2D eigenvalue weighted by atomic mass is 16.3. The highest BCUT2D eigenvalue weighted by Crippen LogP contribution is 2.38. The number of furan rings is 1. The van der Waals surface area contributed by atoms with Crippen LogP contribution in [0, 0.1) is 6.92 Å². The average Bonchev–Trinajstić information content (AvgIpc) is 3.48. The number of hydrogen-bond donors (Lipinski definition) is 0. The van der Waals surface area contributed by atoms with Gasteiger partial charge in [-0.05, 0) is 60.5 Å². The van der Waals surface area contributed by atoms with Gasteiger partial charge in [0.25, 0.3) is 0 Å². The van der Waals surface area contributed by atoms with Crippen molar-refractivity contribution < 1.29 is 4.42 Å². The van der Waals surface area contributed by atoms with Crippen molar-refractivity contribution in [2.24, 2.45) is 0 Å². The van der Waals surface area contributed by atoms with Crippen molar-refractivity contribution in [1.82, 2.24) is 9.55 Å². The summed E-state index contributed by atoms with van der Waals surface area (Å²) < 4.78 is 8.59. The van der Waals surface area contributed by atoms with E-state index in [0.717, 1.165) is 61.2 Å². The summed E-state index contributed by atoms with van der Waals surface area (Å²) in [5.74, 6) is 0.930. The standard InChI is InChI=1S/C32H22N2O/c1-21-18-22(25-13-9-14-27-26-12-5-8-17-30(26)35-31(25)27)20-23(19-21)32-33-28-15-6-7-16-29(28)34(32)24-10-3-2-4-11-24/h2-20H,1H3. The van der Waals surface area contributed by atoms with Crippen LogP contribution in [-0.4, -0.2) is 9.55 Å². The van der Waals surface area contributed by atoms with Gasteiger partial charge >= 0.3 is 0 Å². The first-order chi connectivity index (χ1) is 17.3. The van der Waals surface area contributed by atoms with Crippen LogP contribution in [0.15, 0.2) is 120 Å². The fourth-order valence-corrected chi connectivity index (χ4v) is 5.10. The summed E-state index contributed by atoms with van der Waals surface area (Å²) in [6.45, 7) is 2.14. The zero-order valence-electron chi connectivity index (χ0n) is 19.3. The zero-order chi connectivity index (χ0) is 23.4. The third kappa shape index (κ3) is 3.17. The predicted octanol–water partition coefficient (Wildman–Crippen LogP) is 8.57. The van der Waals surface area contributed by atoms with E-state index in [4.69, 9.17) is 9.40 Å². The van der Waals surface area contributed by atoms with E-state index in [0.29, 0.717) is 0 Å². The molecule has 7 aromatic rings. The molecule has 0 N–H and O–H groups in total. The summed E-state index contributed by atoms with van der Waals surface area (Å²) in [5.41, 5.74) is 9.46. The molecule has 0 aliphatic carbocycles. The Morgan fingerprint density at radius 1 is 0.657 bits per heavy atom. The van der Waals surface area contributed by atoms with Crippen molar-refractivity contribution in [3.63, 3.8) is 0 Å². The van der Waals surface area contributed by atoms with Gasteiger partial charge in [-0.1, -0.05) is 72.8 Å². The van der Waals surface area contributed by atoms with Gasteiger partial charge in [-0.15, -0.1) is 0 Å². The van der Waals surface area contributed by atoms with E-state index in [-0.39, 0.29) is 0 Å². The summed E-state index contributed by atoms with van der Waals surface area (Å²) in [5, 5.41) is 2.28. The van der Waals surface area contributed by atoms with Crippen LogP contribution in [0.1, 0.15) is 5.56 Å². The molecule has 0 atom stereocenters. The van der Waals surface area contributed by atoms with E-state index in [2.05, 4.69) is 102 Å². The van der Waals surface area contributed by atoms with Crippen LogP contribution in [0.25, 0.3) is 61.2 Å². The maximum absolute atomic E-state index is 6.34. The van der Waals surface area contributed by atoms with Gasteiger partial charge in [-0.25, -0.2) is 4.98 Å². The van der Waals surface area contributed by atoms with Crippen molar-refractivity contribution in [2.75, 3.05) is 0 Å². The molecule has 3 heteroatoms. The molecule has 2 heterocycles. The van der Waals surface area contributed by atoms with Crippen molar-refractivity contribution in [3.05, 3.63) is 121 Å². The molecular formula is C32H22N2O. The van der Waals surface area contributed by atoms with E-state index < -0.39 is 0 Å². The number of rotatable bonds is 3. The molecule has 0 amide bonds. The van der Waals surface area contributed by atoms with E-state index in [1.807, 2.05) is 24.3 Å². The number of para-hydroxylation sites is 5. The molecule has 0 fully saturated rings. The van der Waals surface area contributed by atoms with Gasteiger partial charge in [-0.2, -0.15) is 0 Å². The summed E-state index contributed by atoms with van der Waals surface area (Å²) in [4.78, 5) is 5.07.